The Morgan fingerprint density at radius 3 is 1.40 bits per heavy atom. The number of hydrogen-bond acceptors (Lipinski definition) is 11. The van der Waals surface area contributed by atoms with Gasteiger partial charge in [-0.1, -0.05) is 203 Å². The molecule has 12 nitrogen and oxygen atoms in total. The van der Waals surface area contributed by atoms with E-state index in [9.17, 15) is 33.1 Å². The smallest absolute Gasteiger partial charge is 0.397 e. The van der Waals surface area contributed by atoms with Gasteiger partial charge in [0.05, 0.1) is 19.8 Å². The average Bonchev–Trinajstić information content (AvgIpc) is 3.34. The van der Waals surface area contributed by atoms with Gasteiger partial charge < -0.3 is 34.3 Å². The van der Waals surface area contributed by atoms with Crippen LogP contribution in [0.3, 0.4) is 0 Å². The van der Waals surface area contributed by atoms with Crippen LogP contribution in [-0.2, 0) is 38.3 Å². The molecule has 0 bridgehead atoms. The van der Waals surface area contributed by atoms with Gasteiger partial charge in [0.1, 0.15) is 30.5 Å². The number of aliphatic hydroxyl groups excluding tert-OH is 3. The molecule has 0 amide bonds. The van der Waals surface area contributed by atoms with Crippen LogP contribution in [0.25, 0.3) is 0 Å². The zero-order valence-corrected chi connectivity index (χ0v) is 44.9. The third kappa shape index (κ3) is 40.3. The molecule has 0 aromatic rings. The van der Waals surface area contributed by atoms with E-state index < -0.39 is 59.8 Å². The number of unbranched alkanes of at least 4 members (excludes halogenated alkanes) is 26. The molecule has 6 unspecified atom stereocenters. The van der Waals surface area contributed by atoms with Gasteiger partial charge in [0.25, 0.3) is 0 Å². The normalized spacial score (nSPS) is 19.5. The van der Waals surface area contributed by atoms with E-state index in [0.29, 0.717) is 13.0 Å². The minimum absolute atomic E-state index is 0.0293. The van der Waals surface area contributed by atoms with Gasteiger partial charge in [0.15, 0.2) is 6.29 Å². The number of aliphatic hydroxyl groups is 3. The highest BCUT2D eigenvalue weighted by molar-refractivity contribution is 7.80. The molecule has 1 rings (SSSR count). The van der Waals surface area contributed by atoms with Gasteiger partial charge in [0.2, 0.25) is 0 Å². The third-order valence-corrected chi connectivity index (χ3v) is 13.1. The number of carbonyl (C=O) groups excluding carboxylic acids is 1. The van der Waals surface area contributed by atoms with Crippen molar-refractivity contribution < 1.29 is 56.2 Å². The van der Waals surface area contributed by atoms with Crippen LogP contribution in [0.1, 0.15) is 232 Å². The van der Waals surface area contributed by atoms with Gasteiger partial charge in [-0.05, 0) is 83.5 Å². The first-order chi connectivity index (χ1) is 34.1. The number of hydrogen-bond donors (Lipinski definition) is 4. The summed E-state index contributed by atoms with van der Waals surface area (Å²) in [5.41, 5.74) is 0. The van der Waals surface area contributed by atoms with Gasteiger partial charge in [-0.15, -0.1) is 0 Å². The summed E-state index contributed by atoms with van der Waals surface area (Å²) < 4.78 is 59.4. The number of esters is 1. The van der Waals surface area contributed by atoms with Gasteiger partial charge in [-0.3, -0.25) is 9.35 Å². The van der Waals surface area contributed by atoms with E-state index in [2.05, 4.69) is 78.8 Å². The van der Waals surface area contributed by atoms with E-state index in [4.69, 9.17) is 18.9 Å². The second-order valence-electron chi connectivity index (χ2n) is 19.2. The number of ether oxygens (including phenoxy) is 4. The molecule has 0 aromatic heterocycles. The van der Waals surface area contributed by atoms with Crippen LogP contribution in [0.5, 0.6) is 0 Å². The SMILES string of the molecule is CCCCC/C=C\C/C=C\CCCCCCCCCC(=O)OC(COCCCCCCCCCCCCC/C=C\C/C=C\C/C=C\CCCCCCC)COC1OC(CO)C(O)C(OS(=O)(=O)O)C1O. The first-order valence-electron chi connectivity index (χ1n) is 28.0. The summed E-state index contributed by atoms with van der Waals surface area (Å²) in [6, 6.07) is 0. The molecule has 0 aliphatic carbocycles. The predicted octanol–water partition coefficient (Wildman–Crippen LogP) is 13.6. The summed E-state index contributed by atoms with van der Waals surface area (Å²) in [4.78, 5) is 12.9. The molecule has 1 heterocycles. The molecule has 1 fully saturated rings. The molecule has 1 saturated heterocycles. The van der Waals surface area contributed by atoms with E-state index >= 15 is 0 Å². The Balaban J connectivity index is 2.30. The quantitative estimate of drug-likeness (QED) is 0.0196. The van der Waals surface area contributed by atoms with Crippen LogP contribution in [0.4, 0.5) is 0 Å². The minimum atomic E-state index is -5.07. The van der Waals surface area contributed by atoms with Crippen LogP contribution in [0.15, 0.2) is 60.8 Å². The van der Waals surface area contributed by atoms with Gasteiger partial charge in [-0.2, -0.15) is 8.42 Å². The second-order valence-corrected chi connectivity index (χ2v) is 20.2. The molecular formula is C57H102O12S. The van der Waals surface area contributed by atoms with Crippen molar-refractivity contribution in [3.63, 3.8) is 0 Å². The summed E-state index contributed by atoms with van der Waals surface area (Å²) in [5.74, 6) is -0.408. The zero-order chi connectivity index (χ0) is 51.0. The highest BCUT2D eigenvalue weighted by Crippen LogP contribution is 2.26. The molecule has 1 aliphatic rings. The van der Waals surface area contributed by atoms with Crippen molar-refractivity contribution in [3.05, 3.63) is 60.8 Å². The Labute approximate surface area is 427 Å². The Kier molecular flexibility index (Phi) is 44.9. The Bertz CT molecular complexity index is 1450. The summed E-state index contributed by atoms with van der Waals surface area (Å²) >= 11 is 0. The fourth-order valence-electron chi connectivity index (χ4n) is 8.36. The molecule has 0 saturated carbocycles. The third-order valence-electron chi connectivity index (χ3n) is 12.6. The molecule has 408 valence electrons. The first kappa shape index (κ1) is 65.8. The lowest BCUT2D eigenvalue weighted by molar-refractivity contribution is -0.301. The molecule has 1 aliphatic heterocycles. The monoisotopic (exact) mass is 1010 g/mol. The Hall–Kier alpha value is -2.20. The van der Waals surface area contributed by atoms with E-state index in [-0.39, 0.29) is 19.6 Å². The molecule has 4 N–H and O–H groups in total. The summed E-state index contributed by atoms with van der Waals surface area (Å²) in [6.07, 6.45) is 52.5. The fourth-order valence-corrected chi connectivity index (χ4v) is 8.87. The maximum atomic E-state index is 12.9. The molecule has 13 heteroatoms. The average molecular weight is 1010 g/mol. The predicted molar refractivity (Wildman–Crippen MR) is 285 cm³/mol. The van der Waals surface area contributed by atoms with Crippen LogP contribution in [0.2, 0.25) is 0 Å². The highest BCUT2D eigenvalue weighted by atomic mass is 32.3. The van der Waals surface area contributed by atoms with Crippen molar-refractivity contribution in [3.8, 4) is 0 Å². The second kappa shape index (κ2) is 47.8. The van der Waals surface area contributed by atoms with E-state index in [1.165, 1.54) is 141 Å². The largest absolute Gasteiger partial charge is 0.457 e. The molecule has 0 radical (unpaired) electrons. The van der Waals surface area contributed by atoms with E-state index in [1.807, 2.05) is 0 Å². The number of rotatable bonds is 49. The first-order valence-corrected chi connectivity index (χ1v) is 29.4. The fraction of sp³-hybridized carbons (Fsp3) is 0.807. The maximum absolute atomic E-state index is 12.9. The van der Waals surface area contributed by atoms with Gasteiger partial charge in [0, 0.05) is 13.0 Å². The lowest BCUT2D eigenvalue weighted by Gasteiger charge is -2.41. The Morgan fingerprint density at radius 1 is 0.543 bits per heavy atom. The minimum Gasteiger partial charge on any atom is -0.457 e. The van der Waals surface area contributed by atoms with Crippen LogP contribution in [-0.4, -0.2) is 97.5 Å². The molecule has 0 spiro atoms. The zero-order valence-electron chi connectivity index (χ0n) is 44.1. The number of allylic oxidation sites excluding steroid dienone is 10. The summed E-state index contributed by atoms with van der Waals surface area (Å²) in [5, 5.41) is 30.8. The summed E-state index contributed by atoms with van der Waals surface area (Å²) in [6.45, 7) is 3.96. The molecular weight excluding hydrogens is 909 g/mol. The molecule has 6 atom stereocenters. The van der Waals surface area contributed by atoms with E-state index in [0.717, 1.165) is 64.2 Å². The van der Waals surface area contributed by atoms with Crippen molar-refractivity contribution in [1.29, 1.82) is 0 Å². The van der Waals surface area contributed by atoms with Crippen molar-refractivity contribution >= 4 is 16.4 Å². The Morgan fingerprint density at radius 2 is 0.943 bits per heavy atom. The lowest BCUT2D eigenvalue weighted by atomic mass is 9.99. The van der Waals surface area contributed by atoms with E-state index in [1.54, 1.807) is 0 Å². The topological polar surface area (TPSA) is 178 Å². The molecule has 70 heavy (non-hydrogen) atoms. The number of carbonyl (C=O) groups is 1. The van der Waals surface area contributed by atoms with Crippen LogP contribution in [0, 0.1) is 0 Å². The highest BCUT2D eigenvalue weighted by Gasteiger charge is 2.48. The molecule has 0 aromatic carbocycles. The van der Waals surface area contributed by atoms with Crippen molar-refractivity contribution in [2.75, 3.05) is 26.4 Å². The summed E-state index contributed by atoms with van der Waals surface area (Å²) in [7, 11) is -5.07. The van der Waals surface area contributed by atoms with Crippen molar-refractivity contribution in [2.45, 2.75) is 269 Å². The van der Waals surface area contributed by atoms with Crippen molar-refractivity contribution in [1.82, 2.24) is 0 Å². The maximum Gasteiger partial charge on any atom is 0.397 e. The van der Waals surface area contributed by atoms with Crippen molar-refractivity contribution in [2.24, 2.45) is 0 Å². The van der Waals surface area contributed by atoms with Crippen LogP contribution < -0.4 is 0 Å². The van der Waals surface area contributed by atoms with Gasteiger partial charge in [-0.25, -0.2) is 4.18 Å². The van der Waals surface area contributed by atoms with Gasteiger partial charge >= 0.3 is 16.4 Å². The van der Waals surface area contributed by atoms with Crippen LogP contribution >= 0.6 is 0 Å². The lowest BCUT2D eigenvalue weighted by Crippen LogP contribution is -2.60. The standard InChI is InChI=1S/C57H102O12S/c1-3-5-7-9-11-13-15-17-19-21-22-23-24-25-26-27-28-29-31-33-35-37-39-41-43-45-47-65-49-51(50-66-57-55(61)56(69-70(62,63)64)54(60)52(48-58)68-57)67-53(59)46-44-42-40-38-36-34-32-30-20-18-16-14-12-10-8-6-4-2/h12,14-15,17-18,20-22,24-25,51-52,54-58,60-61H,3-11,13,16,19,23,26-50H2,1-2H3,(H,62,63,64)/b14-12-,17-15-,20-18-,22-21-,25-24-.